The van der Waals surface area contributed by atoms with Crippen LogP contribution < -0.4 is 4.13 Å². The highest BCUT2D eigenvalue weighted by Gasteiger charge is 2.60. The van der Waals surface area contributed by atoms with E-state index in [9.17, 15) is 43.6 Å². The van der Waals surface area contributed by atoms with Crippen LogP contribution in [0.25, 0.3) is 0 Å². The lowest BCUT2D eigenvalue weighted by Crippen LogP contribution is -2.56. The summed E-state index contributed by atoms with van der Waals surface area (Å²) in [6.07, 6.45) is 0.434. The molecule has 0 spiro atoms. The molecule has 0 amide bonds. The minimum Gasteiger partial charge on any atom is -0.292 e. The van der Waals surface area contributed by atoms with E-state index in [2.05, 4.69) is 0 Å². The minimum atomic E-state index is -6.60. The van der Waals surface area contributed by atoms with Crippen LogP contribution in [0.1, 0.15) is 40.0 Å². The number of sulfonamides is 2. The van der Waals surface area contributed by atoms with Crippen molar-refractivity contribution in [1.29, 1.82) is 0 Å². The van der Waals surface area contributed by atoms with Crippen LogP contribution in [0.15, 0.2) is 0 Å². The predicted octanol–water partition coefficient (Wildman–Crippen LogP) is 2.63. The molecule has 3 fully saturated rings. The second-order valence-electron chi connectivity index (χ2n) is 7.90. The number of Topliss-reactive ketones (excluding diaryl/α,β-unsaturated/α-hetero) is 1. The average molecular weight is 441 g/mol. The van der Waals surface area contributed by atoms with E-state index in [-0.39, 0.29) is 27.3 Å². The Labute approximate surface area is 154 Å². The lowest BCUT2D eigenvalue weighted by molar-refractivity contribution is -0.148. The summed E-state index contributed by atoms with van der Waals surface area (Å²) in [4.78, 5) is 11.9. The van der Waals surface area contributed by atoms with Crippen LogP contribution in [0.2, 0.25) is 0 Å². The molecule has 13 heteroatoms. The van der Waals surface area contributed by atoms with Crippen molar-refractivity contribution in [2.75, 3.05) is 0 Å². The number of hydrogen-bond acceptors (Lipinski definition) is 5. The summed E-state index contributed by atoms with van der Waals surface area (Å²) in [6, 6.07) is 0. The van der Waals surface area contributed by atoms with Crippen LogP contribution in [-0.2, 0) is 24.8 Å². The number of hydrogen-bond donors (Lipinski definition) is 1. The van der Waals surface area contributed by atoms with E-state index in [0.717, 1.165) is 6.42 Å². The molecule has 3 saturated carbocycles. The monoisotopic (exact) mass is 441 g/mol. The number of fused-ring (bicyclic) bond motifs is 2. The maximum absolute atomic E-state index is 14.0. The Kier molecular flexibility index (Phi) is 5.28. The van der Waals surface area contributed by atoms with Gasteiger partial charge in [0, 0.05) is 6.42 Å². The summed E-state index contributed by atoms with van der Waals surface area (Å²) in [7, 11) is -13.0. The molecule has 0 aliphatic heterocycles. The Morgan fingerprint density at radius 1 is 1.04 bits per heavy atom. The quantitative estimate of drug-likeness (QED) is 0.639. The Morgan fingerprint density at radius 2 is 1.56 bits per heavy atom. The third-order valence-electron chi connectivity index (χ3n) is 6.15. The van der Waals surface area contributed by atoms with Gasteiger partial charge in [-0.2, -0.15) is 22.0 Å². The van der Waals surface area contributed by atoms with Gasteiger partial charge < -0.3 is 0 Å². The third-order valence-corrected chi connectivity index (χ3v) is 9.41. The molecule has 3 aliphatic carbocycles. The van der Waals surface area contributed by atoms with Gasteiger partial charge in [0.05, 0.1) is 0 Å². The van der Waals surface area contributed by atoms with Gasteiger partial charge in [0.15, 0.2) is 0 Å². The molecule has 0 saturated heterocycles. The van der Waals surface area contributed by atoms with Crippen LogP contribution >= 0.6 is 0 Å². The number of carbonyl (C=O) groups excluding carboxylic acids is 1. The van der Waals surface area contributed by atoms with Gasteiger partial charge in [-0.3, -0.25) is 4.79 Å². The highest BCUT2D eigenvalue weighted by molar-refractivity contribution is 8.05. The highest BCUT2D eigenvalue weighted by Crippen LogP contribution is 2.63. The molecule has 2 bridgehead atoms. The molecule has 0 radical (unpaired) electrons. The largest absolute Gasteiger partial charge is 0.512 e. The third kappa shape index (κ3) is 3.61. The zero-order valence-corrected chi connectivity index (χ0v) is 16.3. The Balaban J connectivity index is 2.16. The summed E-state index contributed by atoms with van der Waals surface area (Å²) >= 11 is 0. The second kappa shape index (κ2) is 6.34. The molecule has 27 heavy (non-hydrogen) atoms. The molecule has 0 heterocycles. The van der Waals surface area contributed by atoms with Crippen LogP contribution in [0.4, 0.5) is 22.0 Å². The Bertz CT molecular complexity index is 834. The summed E-state index contributed by atoms with van der Waals surface area (Å²) < 4.78 is 109. The summed E-state index contributed by atoms with van der Waals surface area (Å²) in [6.45, 7) is 5.80. The fraction of sp³-hybridized carbons (Fsp3) is 0.929. The van der Waals surface area contributed by atoms with Gasteiger partial charge in [-0.15, -0.1) is 0 Å². The van der Waals surface area contributed by atoms with Crippen LogP contribution in [0.3, 0.4) is 0 Å². The van der Waals surface area contributed by atoms with Crippen molar-refractivity contribution in [3.8, 4) is 0 Å². The first-order valence-electron chi connectivity index (χ1n) is 8.10. The Hall–Kier alpha value is -0.820. The van der Waals surface area contributed by atoms with Gasteiger partial charge in [-0.25, -0.2) is 16.8 Å². The molecule has 3 rings (SSSR count). The van der Waals surface area contributed by atoms with Gasteiger partial charge in [-0.05, 0) is 41.9 Å². The van der Waals surface area contributed by atoms with Gasteiger partial charge in [0.2, 0.25) is 5.78 Å². The number of carbonyl (C=O) groups is 1. The van der Waals surface area contributed by atoms with E-state index in [1.807, 2.05) is 13.8 Å². The second-order valence-corrected chi connectivity index (χ2v) is 11.6. The summed E-state index contributed by atoms with van der Waals surface area (Å²) in [5, 5.41) is -5.30. The maximum Gasteiger partial charge on any atom is 0.512 e. The van der Waals surface area contributed by atoms with Crippen molar-refractivity contribution >= 4 is 25.8 Å². The van der Waals surface area contributed by atoms with Crippen molar-refractivity contribution in [3.63, 3.8) is 0 Å². The van der Waals surface area contributed by atoms with E-state index in [4.69, 9.17) is 0 Å². The number of halogens is 5. The van der Waals surface area contributed by atoms with Crippen LogP contribution in [-0.4, -0.2) is 33.4 Å². The number of ketones is 1. The topological polar surface area (TPSA) is 97.4 Å². The van der Waals surface area contributed by atoms with E-state index in [0.29, 0.717) is 6.42 Å². The van der Waals surface area contributed by atoms with E-state index in [1.54, 1.807) is 6.92 Å². The first-order chi connectivity index (χ1) is 11.8. The number of alkyl halides is 5. The highest BCUT2D eigenvalue weighted by atomic mass is 32.3. The van der Waals surface area contributed by atoms with Crippen molar-refractivity contribution in [2.45, 2.75) is 50.8 Å². The van der Waals surface area contributed by atoms with E-state index >= 15 is 0 Å². The molecule has 3 aliphatic rings. The maximum atomic E-state index is 14.0. The van der Waals surface area contributed by atoms with Gasteiger partial charge in [0.25, 0.3) is 10.0 Å². The van der Waals surface area contributed by atoms with Crippen molar-refractivity contribution in [2.24, 2.45) is 29.1 Å². The molecule has 0 aromatic heterocycles. The molecule has 158 valence electrons. The molecule has 0 aromatic carbocycles. The van der Waals surface area contributed by atoms with E-state index in [1.165, 1.54) is 0 Å². The molecule has 4 atom stereocenters. The lowest BCUT2D eigenvalue weighted by atomic mass is 9.43. The van der Waals surface area contributed by atoms with Crippen molar-refractivity contribution in [3.05, 3.63) is 0 Å². The molecule has 0 aromatic rings. The van der Waals surface area contributed by atoms with Gasteiger partial charge in [0.1, 0.15) is 0 Å². The fourth-order valence-corrected chi connectivity index (χ4v) is 6.61. The molecule has 1 N–H and O–H groups in total. The molecular weight excluding hydrogens is 421 g/mol. The summed E-state index contributed by atoms with van der Waals surface area (Å²) in [5.41, 5.74) is -6.14. The zero-order chi connectivity index (χ0) is 21.2. The molecule has 6 nitrogen and oxygen atoms in total. The predicted molar refractivity (Wildman–Crippen MR) is 84.3 cm³/mol. The first kappa shape index (κ1) is 22.5. The molecular formula is C14H20F5NO5S2. The Morgan fingerprint density at radius 3 is 1.96 bits per heavy atom. The zero-order valence-electron chi connectivity index (χ0n) is 14.7. The van der Waals surface area contributed by atoms with Crippen LogP contribution in [0, 0.1) is 29.1 Å². The van der Waals surface area contributed by atoms with E-state index < -0.39 is 48.9 Å². The first-order valence-corrected chi connectivity index (χ1v) is 11.1. The standard InChI is InChI=1S/C14H20F5NO5S2/c1-7-8(4-9-6-10(7)12(9,2)3)5-11(21)13(15,16)26(22,23)20-27(24,25)14(17,18)19/h7-10,20H,4-6H2,1-3H3. The average Bonchev–Trinajstić information content (AvgIpc) is 2.45. The molecule has 4 unspecified atom stereocenters. The van der Waals surface area contributed by atoms with Crippen molar-refractivity contribution < 1.29 is 43.6 Å². The lowest BCUT2D eigenvalue weighted by Gasteiger charge is -2.62. The fourth-order valence-electron chi connectivity index (χ4n) is 4.28. The SMILES string of the molecule is CC1C(CC(=O)C(F)(F)S(=O)(=O)NS(=O)(=O)C(F)(F)F)CC2CC1C2(C)C. The smallest absolute Gasteiger partial charge is 0.292 e. The van der Waals surface area contributed by atoms with Crippen molar-refractivity contribution in [1.82, 2.24) is 4.13 Å². The van der Waals surface area contributed by atoms with Gasteiger partial charge >= 0.3 is 20.8 Å². The van der Waals surface area contributed by atoms with Crippen LogP contribution in [0.5, 0.6) is 0 Å². The number of nitrogens with one attached hydrogen (secondary N) is 1. The number of rotatable bonds is 6. The minimum absolute atomic E-state index is 0.0180. The summed E-state index contributed by atoms with van der Waals surface area (Å²) in [5.74, 6) is -2.47. The van der Waals surface area contributed by atoms with Gasteiger partial charge in [-0.1, -0.05) is 24.9 Å². The normalized spacial score (nSPS) is 31.3.